The van der Waals surface area contributed by atoms with Gasteiger partial charge in [0.15, 0.2) is 0 Å². The van der Waals surface area contributed by atoms with Crippen LogP contribution in [-0.4, -0.2) is 51.8 Å². The van der Waals surface area contributed by atoms with E-state index in [1.807, 2.05) is 13.8 Å². The van der Waals surface area contributed by atoms with Gasteiger partial charge in [0.2, 0.25) is 0 Å². The van der Waals surface area contributed by atoms with Crippen LogP contribution in [0.5, 0.6) is 0 Å². The van der Waals surface area contributed by atoms with Crippen LogP contribution in [0.1, 0.15) is 39.5 Å². The summed E-state index contributed by atoms with van der Waals surface area (Å²) in [6.45, 7) is 4.11. The van der Waals surface area contributed by atoms with Crippen LogP contribution < -0.4 is 5.32 Å². The van der Waals surface area contributed by atoms with E-state index < -0.39 is 18.1 Å². The molecule has 0 aromatic carbocycles. The second-order valence-electron chi connectivity index (χ2n) is 4.74. The number of carboxylic acids is 1. The summed E-state index contributed by atoms with van der Waals surface area (Å²) in [6.07, 6.45) is 2.00. The first-order valence-electron chi connectivity index (χ1n) is 6.47. The van der Waals surface area contributed by atoms with Gasteiger partial charge in [-0.2, -0.15) is 0 Å². The van der Waals surface area contributed by atoms with Gasteiger partial charge in [-0.3, -0.25) is 0 Å². The van der Waals surface area contributed by atoms with Gasteiger partial charge in [-0.1, -0.05) is 20.3 Å². The molecule has 3 N–H and O–H groups in total. The van der Waals surface area contributed by atoms with Crippen molar-refractivity contribution in [3.63, 3.8) is 0 Å². The number of aliphatic carboxylic acids is 1. The highest BCUT2D eigenvalue weighted by atomic mass is 16.4. The summed E-state index contributed by atoms with van der Waals surface area (Å²) in [5, 5.41) is 21.3. The summed E-state index contributed by atoms with van der Waals surface area (Å²) in [7, 11) is 0. The maximum atomic E-state index is 12.0. The van der Waals surface area contributed by atoms with Crippen LogP contribution in [0, 0.1) is 0 Å². The summed E-state index contributed by atoms with van der Waals surface area (Å²) >= 11 is 0. The Bertz CT molecular complexity index is 308. The molecule has 1 aliphatic rings. The van der Waals surface area contributed by atoms with Crippen molar-refractivity contribution in [1.29, 1.82) is 0 Å². The predicted octanol–water partition coefficient (Wildman–Crippen LogP) is 0.794. The molecule has 1 heterocycles. The average Bonchev–Trinajstić information content (AvgIpc) is 2.71. The molecule has 18 heavy (non-hydrogen) atoms. The number of carbonyl (C=O) groups excluding carboxylic acids is 1. The Kier molecular flexibility index (Phi) is 5.40. The second kappa shape index (κ2) is 6.58. The van der Waals surface area contributed by atoms with Crippen LogP contribution in [0.3, 0.4) is 0 Å². The number of carbonyl (C=O) groups is 2. The summed E-state index contributed by atoms with van der Waals surface area (Å²) in [4.78, 5) is 24.2. The minimum atomic E-state index is -1.06. The van der Waals surface area contributed by atoms with Crippen molar-refractivity contribution in [3.8, 4) is 0 Å². The Morgan fingerprint density at radius 3 is 2.61 bits per heavy atom. The van der Waals surface area contributed by atoms with Crippen molar-refractivity contribution in [2.24, 2.45) is 0 Å². The zero-order chi connectivity index (χ0) is 13.7. The van der Waals surface area contributed by atoms with E-state index in [0.717, 1.165) is 19.3 Å². The van der Waals surface area contributed by atoms with E-state index in [4.69, 9.17) is 5.11 Å². The highest BCUT2D eigenvalue weighted by molar-refractivity contribution is 5.83. The summed E-state index contributed by atoms with van der Waals surface area (Å²) < 4.78 is 0. The van der Waals surface area contributed by atoms with Crippen molar-refractivity contribution in [3.05, 3.63) is 0 Å². The molecule has 104 valence electrons. The summed E-state index contributed by atoms with van der Waals surface area (Å²) in [6, 6.07) is -1.24. The number of amides is 2. The van der Waals surface area contributed by atoms with Crippen LogP contribution in [0.25, 0.3) is 0 Å². The third-order valence-corrected chi connectivity index (χ3v) is 3.28. The Labute approximate surface area is 107 Å². The molecular formula is C12H22N2O4. The molecule has 0 bridgehead atoms. The average molecular weight is 258 g/mol. The maximum absolute atomic E-state index is 12.0. The molecule has 1 fully saturated rings. The standard InChI is InChI=1S/C12H22N2O4/c1-3-5-8(4-2)13-12(18)14-7-9(15)6-10(14)11(16)17/h8-10,15H,3-7H2,1-2H3,(H,13,18)(H,16,17)/t8?,9-,10+/m1/s1. The number of rotatable bonds is 5. The smallest absolute Gasteiger partial charge is 0.326 e. The molecular weight excluding hydrogens is 236 g/mol. The van der Waals surface area contributed by atoms with E-state index in [-0.39, 0.29) is 25.0 Å². The van der Waals surface area contributed by atoms with Gasteiger partial charge in [0.05, 0.1) is 6.10 Å². The van der Waals surface area contributed by atoms with Crippen molar-refractivity contribution >= 4 is 12.0 Å². The molecule has 0 aliphatic carbocycles. The zero-order valence-electron chi connectivity index (χ0n) is 10.9. The highest BCUT2D eigenvalue weighted by Gasteiger charge is 2.39. The molecule has 1 aliphatic heterocycles. The molecule has 0 saturated carbocycles. The van der Waals surface area contributed by atoms with Crippen molar-refractivity contribution in [2.75, 3.05) is 6.54 Å². The number of β-amino-alcohol motifs (C(OH)–C–C–N with tert-alkyl or cyclic N) is 1. The normalized spacial score (nSPS) is 24.9. The van der Waals surface area contributed by atoms with Gasteiger partial charge in [0.1, 0.15) is 6.04 Å². The molecule has 3 atom stereocenters. The maximum Gasteiger partial charge on any atom is 0.326 e. The number of hydrogen-bond acceptors (Lipinski definition) is 3. The van der Waals surface area contributed by atoms with Gasteiger partial charge in [-0.25, -0.2) is 9.59 Å². The van der Waals surface area contributed by atoms with Gasteiger partial charge in [0.25, 0.3) is 0 Å². The first-order valence-corrected chi connectivity index (χ1v) is 6.47. The molecule has 0 aromatic rings. The molecule has 1 saturated heterocycles. The summed E-state index contributed by atoms with van der Waals surface area (Å²) in [5.74, 6) is -1.06. The Balaban J connectivity index is 2.61. The van der Waals surface area contributed by atoms with Crippen molar-refractivity contribution in [2.45, 2.75) is 57.7 Å². The molecule has 6 nitrogen and oxygen atoms in total. The number of aliphatic hydroxyl groups is 1. The fourth-order valence-corrected chi connectivity index (χ4v) is 2.26. The number of carboxylic acid groups (broad SMARTS) is 1. The van der Waals surface area contributed by atoms with Gasteiger partial charge in [-0.05, 0) is 12.8 Å². The van der Waals surface area contributed by atoms with Crippen LogP contribution in [0.4, 0.5) is 4.79 Å². The van der Waals surface area contributed by atoms with Crippen LogP contribution >= 0.6 is 0 Å². The first kappa shape index (κ1) is 14.8. The van der Waals surface area contributed by atoms with E-state index in [1.165, 1.54) is 4.90 Å². The number of likely N-dealkylation sites (tertiary alicyclic amines) is 1. The lowest BCUT2D eigenvalue weighted by Crippen LogP contribution is -2.49. The fourth-order valence-electron chi connectivity index (χ4n) is 2.26. The van der Waals surface area contributed by atoms with E-state index in [2.05, 4.69) is 5.32 Å². The number of urea groups is 1. The van der Waals surface area contributed by atoms with Crippen LogP contribution in [-0.2, 0) is 4.79 Å². The number of hydrogen-bond donors (Lipinski definition) is 3. The molecule has 2 amide bonds. The topological polar surface area (TPSA) is 89.9 Å². The molecule has 0 radical (unpaired) electrons. The van der Waals surface area contributed by atoms with E-state index in [1.54, 1.807) is 0 Å². The monoisotopic (exact) mass is 258 g/mol. The zero-order valence-corrected chi connectivity index (χ0v) is 10.9. The van der Waals surface area contributed by atoms with Gasteiger partial charge >= 0.3 is 12.0 Å². The molecule has 1 unspecified atom stereocenters. The van der Waals surface area contributed by atoms with Crippen LogP contribution in [0.2, 0.25) is 0 Å². The Morgan fingerprint density at radius 1 is 1.44 bits per heavy atom. The Morgan fingerprint density at radius 2 is 2.11 bits per heavy atom. The van der Waals surface area contributed by atoms with Gasteiger partial charge < -0.3 is 20.4 Å². The number of nitrogens with zero attached hydrogens (tertiary/aromatic N) is 1. The van der Waals surface area contributed by atoms with Crippen LogP contribution in [0.15, 0.2) is 0 Å². The lowest BCUT2D eigenvalue weighted by atomic mass is 10.1. The van der Waals surface area contributed by atoms with Gasteiger partial charge in [-0.15, -0.1) is 0 Å². The second-order valence-corrected chi connectivity index (χ2v) is 4.74. The van der Waals surface area contributed by atoms with Crippen molar-refractivity contribution in [1.82, 2.24) is 10.2 Å². The Hall–Kier alpha value is -1.30. The third kappa shape index (κ3) is 3.60. The SMILES string of the molecule is CCCC(CC)NC(=O)N1C[C@H](O)C[C@H]1C(=O)O. The third-order valence-electron chi connectivity index (χ3n) is 3.28. The lowest BCUT2D eigenvalue weighted by molar-refractivity contribution is -0.141. The number of nitrogens with one attached hydrogen (secondary N) is 1. The largest absolute Gasteiger partial charge is 0.480 e. The first-order chi connectivity index (χ1) is 8.49. The fraction of sp³-hybridized carbons (Fsp3) is 0.833. The summed E-state index contributed by atoms with van der Waals surface area (Å²) in [5.41, 5.74) is 0. The predicted molar refractivity (Wildman–Crippen MR) is 66.3 cm³/mol. The minimum Gasteiger partial charge on any atom is -0.480 e. The highest BCUT2D eigenvalue weighted by Crippen LogP contribution is 2.18. The van der Waals surface area contributed by atoms with E-state index >= 15 is 0 Å². The molecule has 0 aromatic heterocycles. The van der Waals surface area contributed by atoms with E-state index in [9.17, 15) is 14.7 Å². The van der Waals surface area contributed by atoms with Crippen molar-refractivity contribution < 1.29 is 19.8 Å². The number of aliphatic hydroxyl groups excluding tert-OH is 1. The van der Waals surface area contributed by atoms with Gasteiger partial charge in [0, 0.05) is 19.0 Å². The lowest BCUT2D eigenvalue weighted by Gasteiger charge is -2.25. The molecule has 0 spiro atoms. The molecule has 1 rings (SSSR count). The minimum absolute atomic E-state index is 0.0645. The van der Waals surface area contributed by atoms with E-state index in [0.29, 0.717) is 0 Å². The molecule has 6 heteroatoms. The quantitative estimate of drug-likeness (QED) is 0.680.